The lowest BCUT2D eigenvalue weighted by Gasteiger charge is -2.33. The predicted molar refractivity (Wildman–Crippen MR) is 91.1 cm³/mol. The summed E-state index contributed by atoms with van der Waals surface area (Å²) in [6, 6.07) is 4.36. The molecule has 0 heterocycles. The highest BCUT2D eigenvalue weighted by molar-refractivity contribution is 7.89. The van der Waals surface area contributed by atoms with Gasteiger partial charge in [0.05, 0.1) is 14.9 Å². The van der Waals surface area contributed by atoms with Crippen LogP contribution in [0.15, 0.2) is 23.1 Å². The summed E-state index contributed by atoms with van der Waals surface area (Å²) in [5.74, 6) is 0.335. The third kappa shape index (κ3) is 4.59. The van der Waals surface area contributed by atoms with Crippen LogP contribution in [0.25, 0.3) is 0 Å². The molecule has 0 bridgehead atoms. The molecule has 0 amide bonds. The monoisotopic (exact) mass is 364 g/mol. The number of rotatable bonds is 5. The lowest BCUT2D eigenvalue weighted by Crippen LogP contribution is -2.45. The van der Waals surface area contributed by atoms with Gasteiger partial charge in [-0.1, -0.05) is 36.0 Å². The third-order valence-corrected chi connectivity index (χ3v) is 6.24. The van der Waals surface area contributed by atoms with E-state index in [-0.39, 0.29) is 16.0 Å². The van der Waals surface area contributed by atoms with E-state index in [0.717, 1.165) is 32.2 Å². The van der Waals surface area contributed by atoms with Crippen LogP contribution in [0.3, 0.4) is 0 Å². The van der Waals surface area contributed by atoms with Gasteiger partial charge in [0.25, 0.3) is 0 Å². The highest BCUT2D eigenvalue weighted by Crippen LogP contribution is 2.28. The van der Waals surface area contributed by atoms with Crippen molar-refractivity contribution in [3.05, 3.63) is 28.2 Å². The zero-order valence-electron chi connectivity index (χ0n) is 12.9. The van der Waals surface area contributed by atoms with Crippen molar-refractivity contribution in [1.82, 2.24) is 9.62 Å². The second-order valence-corrected chi connectivity index (χ2v) is 8.64. The maximum Gasteiger partial charge on any atom is 0.240 e. The summed E-state index contributed by atoms with van der Waals surface area (Å²) in [4.78, 5) is 2.27. The number of hydrogen-bond donors (Lipinski definition) is 1. The molecule has 1 aromatic rings. The first kappa shape index (κ1) is 18.0. The molecular formula is C15H22Cl2N2O2S. The summed E-state index contributed by atoms with van der Waals surface area (Å²) in [6.45, 7) is 0.883. The van der Waals surface area contributed by atoms with Gasteiger partial charge in [-0.05, 0) is 51.1 Å². The van der Waals surface area contributed by atoms with Crippen LogP contribution in [0.2, 0.25) is 10.0 Å². The molecule has 1 fully saturated rings. The Morgan fingerprint density at radius 2 is 1.86 bits per heavy atom. The van der Waals surface area contributed by atoms with Crippen molar-refractivity contribution in [2.75, 3.05) is 20.6 Å². The van der Waals surface area contributed by atoms with Crippen molar-refractivity contribution in [3.8, 4) is 0 Å². The molecule has 0 spiro atoms. The van der Waals surface area contributed by atoms with Gasteiger partial charge in [0.1, 0.15) is 0 Å². The minimum absolute atomic E-state index is 0.0318. The van der Waals surface area contributed by atoms with E-state index >= 15 is 0 Å². The summed E-state index contributed by atoms with van der Waals surface area (Å²) in [5, 5.41) is 0.599. The van der Waals surface area contributed by atoms with Crippen molar-refractivity contribution in [3.63, 3.8) is 0 Å². The van der Waals surface area contributed by atoms with Crippen LogP contribution < -0.4 is 4.72 Å². The van der Waals surface area contributed by atoms with E-state index in [9.17, 15) is 8.42 Å². The number of benzene rings is 1. The molecule has 2 rings (SSSR count). The Bertz CT molecular complexity index is 620. The first-order valence-corrected chi connectivity index (χ1v) is 9.65. The molecule has 7 heteroatoms. The maximum absolute atomic E-state index is 12.6. The molecule has 4 nitrogen and oxygen atoms in total. The van der Waals surface area contributed by atoms with Crippen molar-refractivity contribution in [2.45, 2.75) is 36.6 Å². The minimum atomic E-state index is -3.58. The summed E-state index contributed by atoms with van der Waals surface area (Å²) < 4.78 is 28.0. The van der Waals surface area contributed by atoms with E-state index in [0.29, 0.717) is 10.9 Å². The molecule has 1 aromatic carbocycles. The van der Waals surface area contributed by atoms with E-state index in [2.05, 4.69) is 9.62 Å². The van der Waals surface area contributed by atoms with Gasteiger partial charge in [-0.25, -0.2) is 13.1 Å². The number of sulfonamides is 1. The van der Waals surface area contributed by atoms with E-state index in [4.69, 9.17) is 23.2 Å². The average Bonchev–Trinajstić information content (AvgIpc) is 2.43. The molecule has 1 aliphatic rings. The van der Waals surface area contributed by atoms with Crippen LogP contribution >= 0.6 is 23.2 Å². The molecule has 2 atom stereocenters. The number of nitrogens with one attached hydrogen (secondary N) is 1. The number of nitrogens with zero attached hydrogens (tertiary/aromatic N) is 1. The van der Waals surface area contributed by atoms with Crippen LogP contribution in [0.4, 0.5) is 0 Å². The fraction of sp³-hybridized carbons (Fsp3) is 0.600. The first-order valence-electron chi connectivity index (χ1n) is 7.41. The van der Waals surface area contributed by atoms with E-state index < -0.39 is 10.0 Å². The Morgan fingerprint density at radius 1 is 1.18 bits per heavy atom. The maximum atomic E-state index is 12.6. The fourth-order valence-corrected chi connectivity index (χ4v) is 4.69. The van der Waals surface area contributed by atoms with Gasteiger partial charge in [-0.3, -0.25) is 0 Å². The molecule has 124 valence electrons. The van der Waals surface area contributed by atoms with Crippen molar-refractivity contribution in [1.29, 1.82) is 0 Å². The van der Waals surface area contributed by atoms with Gasteiger partial charge in [0.2, 0.25) is 10.0 Å². The molecule has 2 unspecified atom stereocenters. The zero-order valence-corrected chi connectivity index (χ0v) is 15.2. The molecule has 1 aliphatic carbocycles. The zero-order chi connectivity index (χ0) is 16.3. The second-order valence-electron chi connectivity index (χ2n) is 6.11. The highest BCUT2D eigenvalue weighted by atomic mass is 35.5. The van der Waals surface area contributed by atoms with Crippen LogP contribution in [0.1, 0.15) is 25.7 Å². The second kappa shape index (κ2) is 7.49. The number of halogens is 2. The van der Waals surface area contributed by atoms with Gasteiger partial charge in [0.15, 0.2) is 0 Å². The summed E-state index contributed by atoms with van der Waals surface area (Å²) in [7, 11) is 0.447. The lowest BCUT2D eigenvalue weighted by molar-refractivity contribution is 0.224. The third-order valence-electron chi connectivity index (χ3n) is 4.02. The molecule has 0 aliphatic heterocycles. The van der Waals surface area contributed by atoms with Gasteiger partial charge in [-0.2, -0.15) is 0 Å². The van der Waals surface area contributed by atoms with Crippen molar-refractivity contribution >= 4 is 33.2 Å². The normalized spacial score (nSPS) is 23.0. The van der Waals surface area contributed by atoms with Crippen LogP contribution in [-0.4, -0.2) is 40.0 Å². The van der Waals surface area contributed by atoms with Crippen LogP contribution in [0, 0.1) is 5.92 Å². The minimum Gasteiger partial charge on any atom is -0.309 e. The smallest absolute Gasteiger partial charge is 0.240 e. The van der Waals surface area contributed by atoms with Gasteiger partial charge < -0.3 is 4.90 Å². The summed E-state index contributed by atoms with van der Waals surface area (Å²) >= 11 is 11.8. The molecular weight excluding hydrogens is 343 g/mol. The molecule has 0 radical (unpaired) electrons. The summed E-state index contributed by atoms with van der Waals surface area (Å²) in [5.41, 5.74) is 0. The quantitative estimate of drug-likeness (QED) is 0.870. The van der Waals surface area contributed by atoms with Crippen molar-refractivity contribution < 1.29 is 8.42 Å². The van der Waals surface area contributed by atoms with Gasteiger partial charge >= 0.3 is 0 Å². The van der Waals surface area contributed by atoms with Gasteiger partial charge in [0, 0.05) is 12.6 Å². The van der Waals surface area contributed by atoms with Crippen molar-refractivity contribution in [2.24, 2.45) is 5.92 Å². The SMILES string of the molecule is CN(C)CC1CCCCC1NS(=O)(=O)c1ccc(Cl)c(Cl)c1. The molecule has 1 saturated carbocycles. The molecule has 22 heavy (non-hydrogen) atoms. The van der Waals surface area contributed by atoms with E-state index in [1.807, 2.05) is 14.1 Å². The highest BCUT2D eigenvalue weighted by Gasteiger charge is 2.30. The Labute approximate surface area is 142 Å². The molecule has 0 aromatic heterocycles. The predicted octanol–water partition coefficient (Wildman–Crippen LogP) is 3.39. The Morgan fingerprint density at radius 3 is 2.50 bits per heavy atom. The molecule has 1 N–H and O–H groups in total. The average molecular weight is 365 g/mol. The Hall–Kier alpha value is -0.330. The number of hydrogen-bond acceptors (Lipinski definition) is 3. The van der Waals surface area contributed by atoms with E-state index in [1.54, 1.807) is 0 Å². The topological polar surface area (TPSA) is 49.4 Å². The Kier molecular flexibility index (Phi) is 6.14. The molecule has 0 saturated heterocycles. The van der Waals surface area contributed by atoms with Crippen LogP contribution in [0.5, 0.6) is 0 Å². The first-order chi connectivity index (χ1) is 10.3. The largest absolute Gasteiger partial charge is 0.309 e. The lowest BCUT2D eigenvalue weighted by atomic mass is 9.85. The van der Waals surface area contributed by atoms with Gasteiger partial charge in [-0.15, -0.1) is 0 Å². The Balaban J connectivity index is 2.16. The van der Waals surface area contributed by atoms with Crippen LogP contribution in [-0.2, 0) is 10.0 Å². The van der Waals surface area contributed by atoms with E-state index in [1.165, 1.54) is 18.2 Å². The standard InChI is InChI=1S/C15H22Cl2N2O2S/c1-19(2)10-11-5-3-4-6-15(11)18-22(20,21)12-7-8-13(16)14(17)9-12/h7-9,11,15,18H,3-6,10H2,1-2H3. The fourth-order valence-electron chi connectivity index (χ4n) is 2.96. The summed E-state index contributed by atoms with van der Waals surface area (Å²) in [6.07, 6.45) is 4.13.